The van der Waals surface area contributed by atoms with E-state index in [0.717, 1.165) is 40.7 Å². The van der Waals surface area contributed by atoms with Crippen LogP contribution >= 0.6 is 23.5 Å². The highest BCUT2D eigenvalue weighted by Crippen LogP contribution is 2.30. The first kappa shape index (κ1) is 13.8. The lowest BCUT2D eigenvalue weighted by Gasteiger charge is -2.26. The highest BCUT2D eigenvalue weighted by molar-refractivity contribution is 7.99. The molecule has 3 rings (SSSR count). The van der Waals surface area contributed by atoms with Crippen LogP contribution in [0.15, 0.2) is 18.2 Å². The van der Waals surface area contributed by atoms with E-state index >= 15 is 0 Å². The summed E-state index contributed by atoms with van der Waals surface area (Å²) in [6.45, 7) is 0.544. The van der Waals surface area contributed by atoms with Gasteiger partial charge < -0.3 is 10.1 Å². The molecule has 2 heterocycles. The number of carbonyl (C=O) groups is 1. The Hall–Kier alpha value is -1.18. The monoisotopic (exact) mass is 309 g/mol. The molecule has 1 N–H and O–H groups in total. The molecule has 1 aromatic carbocycles. The van der Waals surface area contributed by atoms with Gasteiger partial charge in [0, 0.05) is 25.0 Å². The fraction of sp³-hybridized carbons (Fsp3) is 0.462. The lowest BCUT2D eigenvalue weighted by molar-refractivity contribution is 0.0137. The van der Waals surface area contributed by atoms with Gasteiger partial charge in [0.25, 0.3) is 5.91 Å². The number of hydrogen-bond donors (Lipinski definition) is 1. The Morgan fingerprint density at radius 1 is 1.45 bits per heavy atom. The second kappa shape index (κ2) is 5.67. The van der Waals surface area contributed by atoms with Crippen LogP contribution in [0.2, 0.25) is 0 Å². The van der Waals surface area contributed by atoms with Gasteiger partial charge in [-0.25, -0.2) is 0 Å². The van der Waals surface area contributed by atoms with Crippen molar-refractivity contribution in [2.24, 2.45) is 0 Å². The van der Waals surface area contributed by atoms with E-state index < -0.39 is 0 Å². The van der Waals surface area contributed by atoms with Crippen molar-refractivity contribution >= 4 is 40.4 Å². The summed E-state index contributed by atoms with van der Waals surface area (Å²) >= 11 is 3.02. The summed E-state index contributed by atoms with van der Waals surface area (Å²) in [6.07, 6.45) is 0.976. The molecule has 1 aliphatic heterocycles. The highest BCUT2D eigenvalue weighted by atomic mass is 32.2. The number of thioether (sulfide) groups is 1. The molecular weight excluding hydrogens is 294 g/mol. The molecule has 0 aliphatic carbocycles. The summed E-state index contributed by atoms with van der Waals surface area (Å²) in [5, 5.41) is 2.97. The van der Waals surface area contributed by atoms with Crippen LogP contribution < -0.4 is 5.32 Å². The minimum absolute atomic E-state index is 0.0896. The third-order valence-corrected chi connectivity index (χ3v) is 5.37. The third-order valence-electron chi connectivity index (χ3n) is 3.59. The van der Waals surface area contributed by atoms with Crippen molar-refractivity contribution in [1.82, 2.24) is 14.1 Å². The van der Waals surface area contributed by atoms with Gasteiger partial charge in [-0.3, -0.25) is 4.79 Å². The second-order valence-electron chi connectivity index (χ2n) is 4.84. The zero-order valence-corrected chi connectivity index (χ0v) is 12.7. The zero-order chi connectivity index (χ0) is 14.0. The van der Waals surface area contributed by atoms with Gasteiger partial charge in [-0.2, -0.15) is 20.5 Å². The van der Waals surface area contributed by atoms with Crippen LogP contribution in [0.5, 0.6) is 0 Å². The van der Waals surface area contributed by atoms with Crippen molar-refractivity contribution < 1.29 is 9.53 Å². The van der Waals surface area contributed by atoms with Crippen LogP contribution in [0.3, 0.4) is 0 Å². The number of amides is 1. The number of nitrogens with zero attached hydrogens (tertiary/aromatic N) is 2. The van der Waals surface area contributed by atoms with Gasteiger partial charge in [0.2, 0.25) is 0 Å². The number of ether oxygens (including phenoxy) is 1. The molecule has 5 nitrogen and oxygen atoms in total. The van der Waals surface area contributed by atoms with Crippen molar-refractivity contribution in [1.29, 1.82) is 0 Å². The number of methoxy groups -OCH3 is 1. The van der Waals surface area contributed by atoms with Gasteiger partial charge >= 0.3 is 0 Å². The molecular formula is C13H15N3O2S2. The maximum Gasteiger partial charge on any atom is 0.251 e. The van der Waals surface area contributed by atoms with E-state index in [2.05, 4.69) is 14.1 Å². The molecule has 0 bridgehead atoms. The molecule has 0 radical (unpaired) electrons. The van der Waals surface area contributed by atoms with E-state index in [-0.39, 0.29) is 11.5 Å². The fourth-order valence-corrected chi connectivity index (χ4v) is 4.14. The summed E-state index contributed by atoms with van der Waals surface area (Å²) in [6, 6.07) is 5.38. The molecule has 1 saturated heterocycles. The fourth-order valence-electron chi connectivity index (χ4n) is 2.23. The summed E-state index contributed by atoms with van der Waals surface area (Å²) in [7, 11) is 1.71. The number of hydrogen-bond acceptors (Lipinski definition) is 6. The molecule has 2 aromatic rings. The molecule has 20 heavy (non-hydrogen) atoms. The van der Waals surface area contributed by atoms with Gasteiger partial charge in [0.15, 0.2) is 0 Å². The number of aromatic nitrogens is 2. The van der Waals surface area contributed by atoms with E-state index in [1.165, 1.54) is 0 Å². The first-order valence-corrected chi connectivity index (χ1v) is 8.24. The summed E-state index contributed by atoms with van der Waals surface area (Å²) in [5.74, 6) is 1.92. The van der Waals surface area contributed by atoms with Gasteiger partial charge in [0.05, 0.1) is 17.3 Å². The molecule has 1 aliphatic rings. The van der Waals surface area contributed by atoms with Crippen LogP contribution in [0.4, 0.5) is 0 Å². The molecule has 0 spiro atoms. The van der Waals surface area contributed by atoms with Crippen molar-refractivity contribution in [2.45, 2.75) is 12.0 Å². The maximum absolute atomic E-state index is 12.2. The molecule has 106 valence electrons. The van der Waals surface area contributed by atoms with Gasteiger partial charge in [-0.15, -0.1) is 0 Å². The minimum atomic E-state index is -0.216. The number of carbonyl (C=O) groups excluding carboxylic acids is 1. The average molecular weight is 309 g/mol. The molecule has 7 heteroatoms. The molecule has 0 unspecified atom stereocenters. The molecule has 1 fully saturated rings. The largest absolute Gasteiger partial charge is 0.376 e. The topological polar surface area (TPSA) is 64.1 Å². The Kier molecular flexibility index (Phi) is 3.91. The lowest BCUT2D eigenvalue weighted by Crippen LogP contribution is -2.44. The molecule has 0 saturated carbocycles. The normalized spacial score (nSPS) is 22.2. The zero-order valence-electron chi connectivity index (χ0n) is 11.1. The summed E-state index contributed by atoms with van der Waals surface area (Å²) in [4.78, 5) is 12.2. The van der Waals surface area contributed by atoms with Crippen LogP contribution in [0, 0.1) is 0 Å². The summed E-state index contributed by atoms with van der Waals surface area (Å²) < 4.78 is 13.9. The number of fused-ring (bicyclic) bond motifs is 1. The minimum Gasteiger partial charge on any atom is -0.376 e. The third kappa shape index (κ3) is 2.65. The predicted molar refractivity (Wildman–Crippen MR) is 81.4 cm³/mol. The van der Waals surface area contributed by atoms with E-state index in [1.54, 1.807) is 19.2 Å². The Morgan fingerprint density at radius 3 is 3.05 bits per heavy atom. The Labute approximate surface area is 125 Å². The first-order chi connectivity index (χ1) is 9.72. The van der Waals surface area contributed by atoms with E-state index in [4.69, 9.17) is 4.74 Å². The molecule has 1 atom stereocenters. The first-order valence-electron chi connectivity index (χ1n) is 6.36. The number of rotatable bonds is 4. The smallest absolute Gasteiger partial charge is 0.251 e. The lowest BCUT2D eigenvalue weighted by atomic mass is 10.0. The Bertz CT molecular complexity index is 623. The van der Waals surface area contributed by atoms with Gasteiger partial charge in [0.1, 0.15) is 11.0 Å². The van der Waals surface area contributed by atoms with Crippen LogP contribution in [-0.2, 0) is 4.74 Å². The summed E-state index contributed by atoms with van der Waals surface area (Å²) in [5.41, 5.74) is 1.99. The maximum atomic E-state index is 12.2. The van der Waals surface area contributed by atoms with Crippen LogP contribution in [0.25, 0.3) is 11.0 Å². The van der Waals surface area contributed by atoms with E-state index in [1.807, 2.05) is 17.8 Å². The van der Waals surface area contributed by atoms with Crippen molar-refractivity contribution in [3.05, 3.63) is 23.8 Å². The Morgan fingerprint density at radius 2 is 2.30 bits per heavy atom. The SMILES string of the molecule is CO[C@@]1(CNC(=O)c2ccc3nsnc3c2)CCSC1. The molecule has 1 aromatic heterocycles. The van der Waals surface area contributed by atoms with Crippen molar-refractivity contribution in [2.75, 3.05) is 25.2 Å². The molecule has 1 amide bonds. The number of benzene rings is 1. The van der Waals surface area contributed by atoms with Crippen LogP contribution in [0.1, 0.15) is 16.8 Å². The number of nitrogens with one attached hydrogen (secondary N) is 1. The van der Waals surface area contributed by atoms with E-state index in [0.29, 0.717) is 12.1 Å². The van der Waals surface area contributed by atoms with Crippen molar-refractivity contribution in [3.8, 4) is 0 Å². The van der Waals surface area contributed by atoms with Crippen molar-refractivity contribution in [3.63, 3.8) is 0 Å². The standard InChI is InChI=1S/C13H15N3O2S2/c1-18-13(4-5-19-8-13)7-14-12(17)9-2-3-10-11(6-9)16-20-15-10/h2-3,6H,4-5,7-8H2,1H3,(H,14,17)/t13-/m1/s1. The highest BCUT2D eigenvalue weighted by Gasteiger charge is 2.34. The quantitative estimate of drug-likeness (QED) is 0.935. The van der Waals surface area contributed by atoms with Crippen LogP contribution in [-0.4, -0.2) is 45.4 Å². The Balaban J connectivity index is 1.69. The van der Waals surface area contributed by atoms with Gasteiger partial charge in [-0.05, 0) is 30.4 Å². The van der Waals surface area contributed by atoms with E-state index in [9.17, 15) is 4.79 Å². The van der Waals surface area contributed by atoms with Gasteiger partial charge in [-0.1, -0.05) is 0 Å². The average Bonchev–Trinajstić information content (AvgIpc) is 3.13. The predicted octanol–water partition coefficient (Wildman–Crippen LogP) is 1.94. The second-order valence-corrected chi connectivity index (χ2v) is 6.47.